The van der Waals surface area contributed by atoms with Crippen molar-refractivity contribution in [1.82, 2.24) is 0 Å². The molecule has 33 heavy (non-hydrogen) atoms. The van der Waals surface area contributed by atoms with Gasteiger partial charge in [0.15, 0.2) is 0 Å². The summed E-state index contributed by atoms with van der Waals surface area (Å²) in [6.07, 6.45) is 0. The van der Waals surface area contributed by atoms with Crippen LogP contribution in [0.1, 0.15) is 22.3 Å². The standard InChI is InChI=1S/C24H38O9/c1-3-26-7-11-30-17-21-15-22(18-31-12-8-27-4-2-25-1)24-16-23(21)19-32-13-9-28-5-6-29-10-14-33-20-24/h15-16H,1-14,17-20H2. The second-order valence-electron chi connectivity index (χ2n) is 7.66. The van der Waals surface area contributed by atoms with Gasteiger partial charge in [-0.2, -0.15) is 0 Å². The minimum atomic E-state index is 0.472. The Hall–Kier alpha value is -1.14. The van der Waals surface area contributed by atoms with Gasteiger partial charge in [0.25, 0.3) is 0 Å². The van der Waals surface area contributed by atoms with E-state index in [0.717, 1.165) is 22.3 Å². The molecule has 0 radical (unpaired) electrons. The molecule has 0 spiro atoms. The summed E-state index contributed by atoms with van der Waals surface area (Å²) in [7, 11) is 0. The molecule has 0 aromatic heterocycles. The van der Waals surface area contributed by atoms with Crippen molar-refractivity contribution in [2.75, 3.05) is 92.5 Å². The lowest BCUT2D eigenvalue weighted by Crippen LogP contribution is -2.14. The molecule has 0 amide bonds. The third kappa shape index (κ3) is 11.2. The van der Waals surface area contributed by atoms with Crippen molar-refractivity contribution < 1.29 is 42.6 Å². The van der Waals surface area contributed by atoms with E-state index in [2.05, 4.69) is 12.1 Å². The van der Waals surface area contributed by atoms with E-state index < -0.39 is 0 Å². The van der Waals surface area contributed by atoms with Crippen LogP contribution in [0, 0.1) is 0 Å². The predicted octanol–water partition coefficient (Wildman–Crippen LogP) is 1.86. The van der Waals surface area contributed by atoms with Gasteiger partial charge < -0.3 is 42.6 Å². The van der Waals surface area contributed by atoms with Crippen molar-refractivity contribution in [2.45, 2.75) is 26.4 Å². The van der Waals surface area contributed by atoms with Gasteiger partial charge >= 0.3 is 0 Å². The molecule has 0 unspecified atom stereocenters. The van der Waals surface area contributed by atoms with E-state index >= 15 is 0 Å². The second-order valence-corrected chi connectivity index (χ2v) is 7.66. The van der Waals surface area contributed by atoms with Crippen molar-refractivity contribution in [3.63, 3.8) is 0 Å². The highest BCUT2D eigenvalue weighted by Crippen LogP contribution is 2.22. The highest BCUT2D eigenvalue weighted by molar-refractivity contribution is 5.38. The van der Waals surface area contributed by atoms with Gasteiger partial charge in [0.2, 0.25) is 0 Å². The predicted molar refractivity (Wildman–Crippen MR) is 119 cm³/mol. The summed E-state index contributed by atoms with van der Waals surface area (Å²) in [5.74, 6) is 0. The van der Waals surface area contributed by atoms with Crippen molar-refractivity contribution in [2.24, 2.45) is 0 Å². The summed E-state index contributed by atoms with van der Waals surface area (Å²) in [4.78, 5) is 0. The quantitative estimate of drug-likeness (QED) is 0.564. The van der Waals surface area contributed by atoms with E-state index in [-0.39, 0.29) is 0 Å². The zero-order valence-electron chi connectivity index (χ0n) is 19.6. The third-order valence-electron chi connectivity index (χ3n) is 5.16. The van der Waals surface area contributed by atoms with E-state index in [1.807, 2.05) is 0 Å². The molecular weight excluding hydrogens is 432 g/mol. The Morgan fingerprint density at radius 1 is 0.273 bits per heavy atom. The zero-order valence-corrected chi connectivity index (χ0v) is 19.6. The average molecular weight is 471 g/mol. The fourth-order valence-electron chi connectivity index (χ4n) is 3.39. The first-order valence-corrected chi connectivity index (χ1v) is 11.8. The molecule has 0 fully saturated rings. The van der Waals surface area contributed by atoms with Gasteiger partial charge in [-0.3, -0.25) is 0 Å². The van der Waals surface area contributed by atoms with Crippen LogP contribution >= 0.6 is 0 Å². The molecule has 2 aliphatic rings. The van der Waals surface area contributed by atoms with Crippen molar-refractivity contribution >= 4 is 0 Å². The maximum absolute atomic E-state index is 5.90. The lowest BCUT2D eigenvalue weighted by atomic mass is 9.99. The third-order valence-corrected chi connectivity index (χ3v) is 5.16. The van der Waals surface area contributed by atoms with Gasteiger partial charge in [0.05, 0.1) is 119 Å². The Labute approximate surface area is 196 Å². The SMILES string of the molecule is c1c2c3cc(c1COCCOCCOCCOCCOC2)COCCOCCOCCOC3. The van der Waals surface area contributed by atoms with Crippen LogP contribution in [0.25, 0.3) is 0 Å². The van der Waals surface area contributed by atoms with Crippen LogP contribution < -0.4 is 0 Å². The fraction of sp³-hybridized carbons (Fsp3) is 0.750. The number of fused-ring (bicyclic) bond motifs is 6. The lowest BCUT2D eigenvalue weighted by Gasteiger charge is -2.18. The summed E-state index contributed by atoms with van der Waals surface area (Å²) >= 11 is 0. The van der Waals surface area contributed by atoms with Gasteiger partial charge in [0, 0.05) is 0 Å². The summed E-state index contributed by atoms with van der Waals surface area (Å²) < 4.78 is 51.2. The summed E-state index contributed by atoms with van der Waals surface area (Å²) in [5, 5.41) is 0. The molecule has 1 aromatic carbocycles. The van der Waals surface area contributed by atoms with Crippen LogP contribution in [-0.4, -0.2) is 92.5 Å². The molecule has 9 heteroatoms. The van der Waals surface area contributed by atoms with Crippen LogP contribution in [0.5, 0.6) is 0 Å². The molecule has 1 aromatic rings. The molecule has 0 aliphatic carbocycles. The maximum Gasteiger partial charge on any atom is 0.0721 e. The highest BCUT2D eigenvalue weighted by Gasteiger charge is 2.12. The number of hydrogen-bond acceptors (Lipinski definition) is 9. The van der Waals surface area contributed by atoms with E-state index in [1.54, 1.807) is 0 Å². The van der Waals surface area contributed by atoms with E-state index in [4.69, 9.17) is 42.6 Å². The fourth-order valence-corrected chi connectivity index (χ4v) is 3.39. The molecule has 0 saturated carbocycles. The second kappa shape index (κ2) is 17.3. The van der Waals surface area contributed by atoms with Crippen molar-refractivity contribution in [3.05, 3.63) is 34.4 Å². The van der Waals surface area contributed by atoms with Crippen molar-refractivity contribution in [1.29, 1.82) is 0 Å². The van der Waals surface area contributed by atoms with Crippen LogP contribution in [0.15, 0.2) is 12.1 Å². The van der Waals surface area contributed by atoms with E-state index in [0.29, 0.717) is 119 Å². The maximum atomic E-state index is 5.90. The molecule has 2 heterocycles. The smallest absolute Gasteiger partial charge is 0.0721 e. The van der Waals surface area contributed by atoms with Gasteiger partial charge in [-0.05, 0) is 22.3 Å². The number of benzene rings is 1. The number of hydrogen-bond donors (Lipinski definition) is 0. The normalized spacial score (nSPS) is 22.3. The Kier molecular flexibility index (Phi) is 13.9. The lowest BCUT2D eigenvalue weighted by molar-refractivity contribution is -0.0148. The number of rotatable bonds is 0. The molecule has 0 atom stereocenters. The van der Waals surface area contributed by atoms with Gasteiger partial charge in [0.1, 0.15) is 0 Å². The topological polar surface area (TPSA) is 83.1 Å². The zero-order chi connectivity index (χ0) is 22.8. The summed E-state index contributed by atoms with van der Waals surface area (Å²) in [6.45, 7) is 9.35. The van der Waals surface area contributed by atoms with Crippen LogP contribution in [0.3, 0.4) is 0 Å². The van der Waals surface area contributed by atoms with Gasteiger partial charge in [-0.25, -0.2) is 0 Å². The first kappa shape index (κ1) is 26.5. The molecule has 0 saturated heterocycles. The van der Waals surface area contributed by atoms with Gasteiger partial charge in [-0.15, -0.1) is 0 Å². The minimum absolute atomic E-state index is 0.472. The van der Waals surface area contributed by atoms with Gasteiger partial charge in [-0.1, -0.05) is 12.1 Å². The molecular formula is C24H38O9. The molecule has 3 rings (SSSR count). The largest absolute Gasteiger partial charge is 0.377 e. The number of ether oxygens (including phenoxy) is 9. The van der Waals surface area contributed by atoms with Crippen LogP contribution in [0.2, 0.25) is 0 Å². The van der Waals surface area contributed by atoms with Crippen molar-refractivity contribution in [3.8, 4) is 0 Å². The Morgan fingerprint density at radius 3 is 0.667 bits per heavy atom. The summed E-state index contributed by atoms with van der Waals surface area (Å²) in [6, 6.07) is 4.28. The Bertz CT molecular complexity index is 591. The van der Waals surface area contributed by atoms with E-state index in [1.165, 1.54) is 0 Å². The molecule has 4 bridgehead atoms. The summed E-state index contributed by atoms with van der Waals surface area (Å²) in [5.41, 5.74) is 4.31. The van der Waals surface area contributed by atoms with Crippen LogP contribution in [-0.2, 0) is 69.1 Å². The average Bonchev–Trinajstić information content (AvgIpc) is 2.83. The molecule has 188 valence electrons. The molecule has 2 aliphatic heterocycles. The monoisotopic (exact) mass is 470 g/mol. The molecule has 0 N–H and O–H groups in total. The molecule has 9 nitrogen and oxygen atoms in total. The van der Waals surface area contributed by atoms with Crippen LogP contribution in [0.4, 0.5) is 0 Å². The first-order valence-electron chi connectivity index (χ1n) is 11.8. The highest BCUT2D eigenvalue weighted by atomic mass is 16.6. The Morgan fingerprint density at radius 2 is 0.455 bits per heavy atom. The van der Waals surface area contributed by atoms with E-state index in [9.17, 15) is 0 Å². The first-order chi connectivity index (χ1) is 16.4. The minimum Gasteiger partial charge on any atom is -0.377 e. The Balaban J connectivity index is 1.70.